The lowest BCUT2D eigenvalue weighted by atomic mass is 10.3. The van der Waals surface area contributed by atoms with E-state index in [1.807, 2.05) is 17.5 Å². The maximum Gasteiger partial charge on any atom is 0.381 e. The van der Waals surface area contributed by atoms with Gasteiger partial charge in [-0.25, -0.2) is 4.98 Å². The molecule has 9 nitrogen and oxygen atoms in total. The lowest BCUT2D eigenvalue weighted by Gasteiger charge is -2.01. The number of anilines is 1. The van der Waals surface area contributed by atoms with Crippen LogP contribution in [0.15, 0.2) is 36.2 Å². The van der Waals surface area contributed by atoms with Crippen molar-refractivity contribution in [1.82, 2.24) is 19.5 Å². The van der Waals surface area contributed by atoms with Gasteiger partial charge in [-0.1, -0.05) is 0 Å². The number of carbonyl (C=O) groups is 1. The summed E-state index contributed by atoms with van der Waals surface area (Å²) in [7, 11) is 0. The Morgan fingerprint density at radius 1 is 1.52 bits per heavy atom. The fraction of sp³-hybridized carbons (Fsp3) is 0.154. The maximum absolute atomic E-state index is 11.9. The van der Waals surface area contributed by atoms with Gasteiger partial charge in [-0.3, -0.25) is 4.79 Å². The van der Waals surface area contributed by atoms with E-state index >= 15 is 0 Å². The molecule has 0 saturated heterocycles. The van der Waals surface area contributed by atoms with Crippen LogP contribution in [0.2, 0.25) is 0 Å². The second kappa shape index (κ2) is 6.40. The minimum atomic E-state index is -0.575. The third-order valence-electron chi connectivity index (χ3n) is 3.03. The summed E-state index contributed by atoms with van der Waals surface area (Å²) in [5, 5.41) is 15.6. The first-order valence-corrected chi connectivity index (χ1v) is 7.55. The van der Waals surface area contributed by atoms with Crippen LogP contribution in [0.25, 0.3) is 11.4 Å². The largest absolute Gasteiger partial charge is 0.381 e. The molecular weight excluding hydrogens is 320 g/mol. The number of hydrogen-bond acceptors (Lipinski definition) is 6. The van der Waals surface area contributed by atoms with Gasteiger partial charge < -0.3 is 25.0 Å². The van der Waals surface area contributed by atoms with Crippen LogP contribution in [0.5, 0.6) is 0 Å². The molecule has 0 aliphatic carbocycles. The van der Waals surface area contributed by atoms with Crippen molar-refractivity contribution in [2.75, 3.05) is 5.32 Å². The van der Waals surface area contributed by atoms with Crippen LogP contribution in [0.1, 0.15) is 6.42 Å². The molecule has 0 aliphatic rings. The number of thiazole rings is 1. The maximum atomic E-state index is 11.9. The molecule has 23 heavy (non-hydrogen) atoms. The van der Waals surface area contributed by atoms with Gasteiger partial charge in [0.25, 0.3) is 0 Å². The van der Waals surface area contributed by atoms with Crippen LogP contribution in [0, 0.1) is 10.1 Å². The minimum absolute atomic E-state index is 0.172. The van der Waals surface area contributed by atoms with Crippen molar-refractivity contribution in [2.24, 2.45) is 0 Å². The van der Waals surface area contributed by atoms with E-state index in [0.29, 0.717) is 11.7 Å². The Morgan fingerprint density at radius 2 is 2.39 bits per heavy atom. The molecule has 0 aromatic carbocycles. The van der Waals surface area contributed by atoms with Gasteiger partial charge in [0.1, 0.15) is 6.20 Å². The number of carbonyl (C=O) groups excluding carboxylic acids is 1. The molecule has 0 aliphatic heterocycles. The Bertz CT molecular complexity index is 823. The van der Waals surface area contributed by atoms with Crippen molar-refractivity contribution in [2.45, 2.75) is 13.0 Å². The molecule has 1 amide bonds. The van der Waals surface area contributed by atoms with Gasteiger partial charge in [0.05, 0.1) is 11.4 Å². The zero-order chi connectivity index (χ0) is 16.2. The average Bonchev–Trinajstić information content (AvgIpc) is 3.25. The Kier molecular flexibility index (Phi) is 4.15. The predicted molar refractivity (Wildman–Crippen MR) is 84.0 cm³/mol. The van der Waals surface area contributed by atoms with Gasteiger partial charge in [-0.15, -0.1) is 11.3 Å². The third kappa shape index (κ3) is 3.61. The molecular formula is C13H12N6O3S. The summed E-state index contributed by atoms with van der Waals surface area (Å²) >= 11 is 1.33. The van der Waals surface area contributed by atoms with Crippen LogP contribution < -0.4 is 5.32 Å². The summed E-state index contributed by atoms with van der Waals surface area (Å²) in [6.45, 7) is 0.307. The van der Waals surface area contributed by atoms with Gasteiger partial charge in [-0.2, -0.15) is 0 Å². The normalized spacial score (nSPS) is 10.6. The van der Waals surface area contributed by atoms with Crippen LogP contribution in [0.3, 0.4) is 0 Å². The molecule has 0 radical (unpaired) electrons. The number of nitrogens with zero attached hydrogens (tertiary/aromatic N) is 4. The standard InChI is InChI=1S/C13H12N6O3S/c20-12(3-5-18-6-11(15-8-18)19(21)22)17-13-16-10(7-23-13)9-2-1-4-14-9/h1-2,4,6-8,14H,3,5H2,(H,16,17,20). The summed E-state index contributed by atoms with van der Waals surface area (Å²) in [6.07, 6.45) is 4.60. The van der Waals surface area contributed by atoms with Gasteiger partial charge in [-0.05, 0) is 22.0 Å². The molecule has 3 aromatic rings. The number of aryl methyl sites for hydroxylation is 1. The van der Waals surface area contributed by atoms with Crippen molar-refractivity contribution in [3.05, 3.63) is 46.3 Å². The van der Waals surface area contributed by atoms with Crippen LogP contribution in [0.4, 0.5) is 10.9 Å². The van der Waals surface area contributed by atoms with E-state index < -0.39 is 4.92 Å². The van der Waals surface area contributed by atoms with E-state index in [0.717, 1.165) is 11.4 Å². The van der Waals surface area contributed by atoms with Crippen LogP contribution in [-0.2, 0) is 11.3 Å². The molecule has 3 rings (SSSR count). The molecule has 3 aromatic heterocycles. The SMILES string of the molecule is O=C(CCn1cnc([N+](=O)[O-])c1)Nc1nc(-c2ccc[nH]2)cs1. The number of aromatic nitrogens is 4. The fourth-order valence-corrected chi connectivity index (χ4v) is 2.65. The molecule has 0 unspecified atom stereocenters. The van der Waals surface area contributed by atoms with Gasteiger partial charge in [0, 0.05) is 24.5 Å². The molecule has 10 heteroatoms. The monoisotopic (exact) mass is 332 g/mol. The molecule has 0 saturated carbocycles. The summed E-state index contributed by atoms with van der Waals surface area (Å²) < 4.78 is 1.50. The molecule has 0 fully saturated rings. The highest BCUT2D eigenvalue weighted by Crippen LogP contribution is 2.23. The van der Waals surface area contributed by atoms with Gasteiger partial charge in [0.15, 0.2) is 5.13 Å². The molecule has 2 N–H and O–H groups in total. The predicted octanol–water partition coefficient (Wildman–Crippen LogP) is 2.27. The Hall–Kier alpha value is -3.01. The average molecular weight is 332 g/mol. The van der Waals surface area contributed by atoms with Crippen LogP contribution >= 0.6 is 11.3 Å². The Morgan fingerprint density at radius 3 is 3.09 bits per heavy atom. The minimum Gasteiger partial charge on any atom is -0.360 e. The summed E-state index contributed by atoms with van der Waals surface area (Å²) in [4.78, 5) is 32.9. The molecule has 0 atom stereocenters. The highest BCUT2D eigenvalue weighted by atomic mass is 32.1. The molecule has 0 spiro atoms. The quantitative estimate of drug-likeness (QED) is 0.530. The molecule has 3 heterocycles. The highest BCUT2D eigenvalue weighted by molar-refractivity contribution is 7.14. The zero-order valence-electron chi connectivity index (χ0n) is 11.8. The third-order valence-corrected chi connectivity index (χ3v) is 3.79. The van der Waals surface area contributed by atoms with E-state index in [4.69, 9.17) is 0 Å². The van der Waals surface area contributed by atoms with E-state index in [1.165, 1.54) is 28.4 Å². The zero-order valence-corrected chi connectivity index (χ0v) is 12.6. The Balaban J connectivity index is 1.54. The number of aromatic amines is 1. The number of nitro groups is 1. The molecule has 0 bridgehead atoms. The smallest absolute Gasteiger partial charge is 0.360 e. The van der Waals surface area contributed by atoms with Gasteiger partial charge in [0.2, 0.25) is 12.2 Å². The number of imidazole rings is 1. The first-order chi connectivity index (χ1) is 11.1. The van der Waals surface area contributed by atoms with E-state index in [2.05, 4.69) is 20.3 Å². The molecule has 118 valence electrons. The lowest BCUT2D eigenvalue weighted by molar-refractivity contribution is -0.389. The Labute approximate surface area is 134 Å². The van der Waals surface area contributed by atoms with Gasteiger partial charge >= 0.3 is 5.82 Å². The van der Waals surface area contributed by atoms with Crippen molar-refractivity contribution in [3.8, 4) is 11.4 Å². The lowest BCUT2D eigenvalue weighted by Crippen LogP contribution is -2.13. The van der Waals surface area contributed by atoms with E-state index in [9.17, 15) is 14.9 Å². The topological polar surface area (TPSA) is 119 Å². The number of H-pyrrole nitrogens is 1. The van der Waals surface area contributed by atoms with Crippen LogP contribution in [-0.4, -0.2) is 30.3 Å². The van der Waals surface area contributed by atoms with Crippen molar-refractivity contribution in [1.29, 1.82) is 0 Å². The number of amides is 1. The first kappa shape index (κ1) is 14.9. The first-order valence-electron chi connectivity index (χ1n) is 6.67. The van der Waals surface area contributed by atoms with Crippen molar-refractivity contribution >= 4 is 28.2 Å². The summed E-state index contributed by atoms with van der Waals surface area (Å²) in [6, 6.07) is 3.77. The second-order valence-corrected chi connectivity index (χ2v) is 5.50. The van der Waals surface area contributed by atoms with E-state index in [-0.39, 0.29) is 18.1 Å². The fourth-order valence-electron chi connectivity index (χ4n) is 1.92. The highest BCUT2D eigenvalue weighted by Gasteiger charge is 2.12. The summed E-state index contributed by atoms with van der Waals surface area (Å²) in [5.41, 5.74) is 1.65. The number of rotatable bonds is 6. The summed E-state index contributed by atoms with van der Waals surface area (Å²) in [5.74, 6) is -0.449. The van der Waals surface area contributed by atoms with Crippen molar-refractivity contribution in [3.63, 3.8) is 0 Å². The number of nitrogens with one attached hydrogen (secondary N) is 2. The van der Waals surface area contributed by atoms with Crippen molar-refractivity contribution < 1.29 is 9.72 Å². The number of hydrogen-bond donors (Lipinski definition) is 2. The van der Waals surface area contributed by atoms with E-state index in [1.54, 1.807) is 6.20 Å². The second-order valence-electron chi connectivity index (χ2n) is 4.65.